The van der Waals surface area contributed by atoms with Crippen LogP contribution in [-0.4, -0.2) is 12.1 Å². The first kappa shape index (κ1) is 6.20. The zero-order valence-corrected chi connectivity index (χ0v) is 5.99. The van der Waals surface area contributed by atoms with E-state index in [1.54, 1.807) is 7.11 Å². The Morgan fingerprint density at radius 2 is 2.11 bits per heavy atom. The standard InChI is InChI=1S/C7H11NO/c1-5-4-6(2)8-7(5)9-3/h4,8H,1-3H3. The molecule has 0 aliphatic carbocycles. The topological polar surface area (TPSA) is 25.0 Å². The van der Waals surface area contributed by atoms with Crippen molar-refractivity contribution in [2.24, 2.45) is 0 Å². The molecule has 2 nitrogen and oxygen atoms in total. The summed E-state index contributed by atoms with van der Waals surface area (Å²) in [6.45, 7) is 4.03. The first-order valence-corrected chi connectivity index (χ1v) is 2.94. The lowest BCUT2D eigenvalue weighted by Gasteiger charge is -1.93. The van der Waals surface area contributed by atoms with Crippen LogP contribution >= 0.6 is 0 Å². The number of hydrogen-bond donors (Lipinski definition) is 1. The number of nitrogens with one attached hydrogen (secondary N) is 1. The second kappa shape index (κ2) is 2.13. The van der Waals surface area contributed by atoms with E-state index < -0.39 is 0 Å². The molecule has 1 N–H and O–H groups in total. The van der Waals surface area contributed by atoms with Crippen LogP contribution in [0.15, 0.2) is 6.07 Å². The van der Waals surface area contributed by atoms with Crippen LogP contribution in [0.25, 0.3) is 0 Å². The van der Waals surface area contributed by atoms with Crippen molar-refractivity contribution in [1.82, 2.24) is 4.98 Å². The van der Waals surface area contributed by atoms with Gasteiger partial charge in [-0.25, -0.2) is 0 Å². The summed E-state index contributed by atoms with van der Waals surface area (Å²) in [5.74, 6) is 0.868. The second-order valence-electron chi connectivity index (χ2n) is 2.17. The Hall–Kier alpha value is -0.920. The number of ether oxygens (including phenoxy) is 1. The number of H-pyrrole nitrogens is 1. The third-order valence-electron chi connectivity index (χ3n) is 1.31. The van der Waals surface area contributed by atoms with Gasteiger partial charge >= 0.3 is 0 Å². The van der Waals surface area contributed by atoms with E-state index in [2.05, 4.69) is 11.1 Å². The Bertz CT molecular complexity index is 203. The quantitative estimate of drug-likeness (QED) is 0.606. The molecule has 0 fully saturated rings. The van der Waals surface area contributed by atoms with Crippen molar-refractivity contribution in [3.8, 4) is 5.88 Å². The van der Waals surface area contributed by atoms with Crippen LogP contribution in [0.3, 0.4) is 0 Å². The monoisotopic (exact) mass is 125 g/mol. The maximum atomic E-state index is 5.01. The van der Waals surface area contributed by atoms with Gasteiger partial charge in [0, 0.05) is 11.3 Å². The third-order valence-corrected chi connectivity index (χ3v) is 1.31. The molecule has 0 saturated heterocycles. The molecule has 0 aliphatic rings. The minimum Gasteiger partial charge on any atom is -0.482 e. The van der Waals surface area contributed by atoms with Crippen molar-refractivity contribution in [2.75, 3.05) is 7.11 Å². The SMILES string of the molecule is COc1[nH]c(C)cc1C. The van der Waals surface area contributed by atoms with Crippen molar-refractivity contribution in [3.05, 3.63) is 17.3 Å². The van der Waals surface area contributed by atoms with Gasteiger partial charge in [-0.15, -0.1) is 0 Å². The maximum Gasteiger partial charge on any atom is 0.193 e. The van der Waals surface area contributed by atoms with E-state index in [1.165, 1.54) is 0 Å². The fraction of sp³-hybridized carbons (Fsp3) is 0.429. The number of rotatable bonds is 1. The zero-order chi connectivity index (χ0) is 6.85. The van der Waals surface area contributed by atoms with Gasteiger partial charge in [0.2, 0.25) is 0 Å². The number of methoxy groups -OCH3 is 1. The molecule has 1 aromatic rings. The van der Waals surface area contributed by atoms with Gasteiger partial charge in [0.15, 0.2) is 5.88 Å². The van der Waals surface area contributed by atoms with Crippen molar-refractivity contribution >= 4 is 0 Å². The van der Waals surface area contributed by atoms with Crippen LogP contribution in [-0.2, 0) is 0 Å². The van der Waals surface area contributed by atoms with Gasteiger partial charge < -0.3 is 9.72 Å². The van der Waals surface area contributed by atoms with Gasteiger partial charge in [-0.05, 0) is 19.9 Å². The van der Waals surface area contributed by atoms with Crippen molar-refractivity contribution < 1.29 is 4.74 Å². The summed E-state index contributed by atoms with van der Waals surface area (Å²) < 4.78 is 5.01. The van der Waals surface area contributed by atoms with Crippen LogP contribution in [0, 0.1) is 13.8 Å². The van der Waals surface area contributed by atoms with E-state index in [-0.39, 0.29) is 0 Å². The number of aromatic nitrogens is 1. The smallest absolute Gasteiger partial charge is 0.193 e. The summed E-state index contributed by atoms with van der Waals surface area (Å²) in [6, 6.07) is 2.05. The fourth-order valence-electron chi connectivity index (χ4n) is 0.916. The molecule has 0 spiro atoms. The number of hydrogen-bond acceptors (Lipinski definition) is 1. The molecule has 1 rings (SSSR count). The average molecular weight is 125 g/mol. The highest BCUT2D eigenvalue weighted by Crippen LogP contribution is 2.15. The Labute approximate surface area is 54.8 Å². The van der Waals surface area contributed by atoms with E-state index in [9.17, 15) is 0 Å². The van der Waals surface area contributed by atoms with E-state index in [1.807, 2.05) is 13.8 Å². The van der Waals surface area contributed by atoms with E-state index >= 15 is 0 Å². The highest BCUT2D eigenvalue weighted by Gasteiger charge is 1.98. The first-order valence-electron chi connectivity index (χ1n) is 2.94. The van der Waals surface area contributed by atoms with Crippen LogP contribution in [0.2, 0.25) is 0 Å². The molecular formula is C7H11NO. The van der Waals surface area contributed by atoms with Gasteiger partial charge in [-0.3, -0.25) is 0 Å². The molecule has 0 unspecified atom stereocenters. The summed E-state index contributed by atoms with van der Waals surface area (Å²) in [5, 5.41) is 0. The molecule has 0 atom stereocenters. The number of aryl methyl sites for hydroxylation is 2. The molecule has 0 amide bonds. The summed E-state index contributed by atoms with van der Waals surface area (Å²) in [6.07, 6.45) is 0. The van der Waals surface area contributed by atoms with Gasteiger partial charge in [0.25, 0.3) is 0 Å². The van der Waals surface area contributed by atoms with Gasteiger partial charge in [0.05, 0.1) is 7.11 Å². The van der Waals surface area contributed by atoms with E-state index in [0.717, 1.165) is 17.1 Å². The van der Waals surface area contributed by atoms with Crippen molar-refractivity contribution in [2.45, 2.75) is 13.8 Å². The van der Waals surface area contributed by atoms with Crippen LogP contribution in [0.1, 0.15) is 11.3 Å². The van der Waals surface area contributed by atoms with Gasteiger partial charge in [-0.2, -0.15) is 0 Å². The number of aromatic amines is 1. The lowest BCUT2D eigenvalue weighted by molar-refractivity contribution is 0.397. The molecule has 0 radical (unpaired) electrons. The minimum atomic E-state index is 0.868. The van der Waals surface area contributed by atoms with E-state index in [0.29, 0.717) is 0 Å². The molecule has 0 saturated carbocycles. The largest absolute Gasteiger partial charge is 0.482 e. The third kappa shape index (κ3) is 1.07. The summed E-state index contributed by atoms with van der Waals surface area (Å²) in [4.78, 5) is 3.07. The van der Waals surface area contributed by atoms with Gasteiger partial charge in [-0.1, -0.05) is 0 Å². The minimum absolute atomic E-state index is 0.868. The van der Waals surface area contributed by atoms with Crippen LogP contribution in [0.4, 0.5) is 0 Å². The Balaban J connectivity index is 3.01. The molecule has 2 heteroatoms. The normalized spacial score (nSPS) is 9.67. The summed E-state index contributed by atoms with van der Waals surface area (Å²) in [7, 11) is 1.66. The lowest BCUT2D eigenvalue weighted by atomic mass is 10.3. The summed E-state index contributed by atoms with van der Waals surface area (Å²) in [5.41, 5.74) is 2.30. The summed E-state index contributed by atoms with van der Waals surface area (Å²) >= 11 is 0. The lowest BCUT2D eigenvalue weighted by Crippen LogP contribution is -1.83. The predicted octanol–water partition coefficient (Wildman–Crippen LogP) is 1.64. The molecule has 0 aromatic carbocycles. The molecule has 50 valence electrons. The maximum absolute atomic E-state index is 5.01. The van der Waals surface area contributed by atoms with Crippen LogP contribution < -0.4 is 4.74 Å². The molecule has 0 aliphatic heterocycles. The highest BCUT2D eigenvalue weighted by atomic mass is 16.5. The Kier molecular flexibility index (Phi) is 1.47. The van der Waals surface area contributed by atoms with Crippen molar-refractivity contribution in [1.29, 1.82) is 0 Å². The fourth-order valence-corrected chi connectivity index (χ4v) is 0.916. The highest BCUT2D eigenvalue weighted by molar-refractivity contribution is 5.28. The van der Waals surface area contributed by atoms with E-state index in [4.69, 9.17) is 4.74 Å². The van der Waals surface area contributed by atoms with Gasteiger partial charge in [0.1, 0.15) is 0 Å². The molecule has 1 aromatic heterocycles. The predicted molar refractivity (Wildman–Crippen MR) is 36.8 cm³/mol. The molecular weight excluding hydrogens is 114 g/mol. The Morgan fingerprint density at radius 1 is 1.44 bits per heavy atom. The zero-order valence-electron chi connectivity index (χ0n) is 5.99. The molecule has 0 bridgehead atoms. The Morgan fingerprint density at radius 3 is 2.33 bits per heavy atom. The van der Waals surface area contributed by atoms with Crippen LogP contribution in [0.5, 0.6) is 5.88 Å². The first-order chi connectivity index (χ1) is 4.24. The van der Waals surface area contributed by atoms with Crippen molar-refractivity contribution in [3.63, 3.8) is 0 Å². The second-order valence-corrected chi connectivity index (χ2v) is 2.17. The molecule has 1 heterocycles. The molecule has 9 heavy (non-hydrogen) atoms. The average Bonchev–Trinajstić information content (AvgIpc) is 2.10.